The Balaban J connectivity index is 1.63. The molecule has 0 radical (unpaired) electrons. The zero-order chi connectivity index (χ0) is 17.3. The number of morpholine rings is 1. The number of piperidine rings is 1. The molecule has 0 aromatic carbocycles. The van der Waals surface area contributed by atoms with Gasteiger partial charge in [0.2, 0.25) is 5.91 Å². The molecule has 0 unspecified atom stereocenters. The van der Waals surface area contributed by atoms with Crippen LogP contribution in [0, 0.1) is 11.8 Å². The molecule has 0 aliphatic carbocycles. The first-order chi connectivity index (χ1) is 11.4. The first-order valence-electron chi connectivity index (χ1n) is 8.55. The number of nitrogens with zero attached hydrogens (tertiary/aromatic N) is 3. The molecule has 0 spiro atoms. The fourth-order valence-electron chi connectivity index (χ4n) is 3.75. The molecule has 0 saturated carbocycles. The SMILES string of the molecule is CN(C)S(=O)(=O)N1CC[C@H]2OC[C@@H](C(=O)N3CCOCC3)C[C@H]2C1. The van der Waals surface area contributed by atoms with Crippen LogP contribution in [0.3, 0.4) is 0 Å². The Kier molecular flexibility index (Phi) is 5.45. The van der Waals surface area contributed by atoms with Gasteiger partial charge in [-0.05, 0) is 18.8 Å². The lowest BCUT2D eigenvalue weighted by Gasteiger charge is -2.43. The standard InChI is InChI=1S/C15H27N3O5S/c1-16(2)24(20,21)18-4-3-14-12(10-18)9-13(11-23-14)15(19)17-5-7-22-8-6-17/h12-14H,3-11H2,1-2H3/t12-,13-,14+/m0/s1. The monoisotopic (exact) mass is 361 g/mol. The molecule has 138 valence electrons. The smallest absolute Gasteiger partial charge is 0.281 e. The number of carbonyl (C=O) groups is 1. The van der Waals surface area contributed by atoms with Crippen LogP contribution in [0.4, 0.5) is 0 Å². The van der Waals surface area contributed by atoms with Crippen LogP contribution >= 0.6 is 0 Å². The van der Waals surface area contributed by atoms with E-state index >= 15 is 0 Å². The Morgan fingerprint density at radius 2 is 1.88 bits per heavy atom. The second-order valence-electron chi connectivity index (χ2n) is 6.94. The summed E-state index contributed by atoms with van der Waals surface area (Å²) >= 11 is 0. The summed E-state index contributed by atoms with van der Waals surface area (Å²) in [5.74, 6) is 0.0212. The van der Waals surface area contributed by atoms with E-state index in [2.05, 4.69) is 0 Å². The minimum absolute atomic E-state index is 0.0624. The Morgan fingerprint density at radius 3 is 2.54 bits per heavy atom. The summed E-state index contributed by atoms with van der Waals surface area (Å²) in [5, 5.41) is 0. The summed E-state index contributed by atoms with van der Waals surface area (Å²) < 4.78 is 38.7. The van der Waals surface area contributed by atoms with Crippen LogP contribution in [-0.4, -0.2) is 94.0 Å². The van der Waals surface area contributed by atoms with Crippen LogP contribution in [0.25, 0.3) is 0 Å². The fourth-order valence-corrected chi connectivity index (χ4v) is 4.93. The third kappa shape index (κ3) is 3.60. The van der Waals surface area contributed by atoms with Crippen molar-refractivity contribution in [3.8, 4) is 0 Å². The predicted molar refractivity (Wildman–Crippen MR) is 87.5 cm³/mol. The van der Waals surface area contributed by atoms with E-state index < -0.39 is 10.2 Å². The summed E-state index contributed by atoms with van der Waals surface area (Å²) in [5.41, 5.74) is 0. The summed E-state index contributed by atoms with van der Waals surface area (Å²) in [7, 11) is -0.319. The zero-order valence-corrected chi connectivity index (χ0v) is 15.2. The first kappa shape index (κ1) is 18.1. The third-order valence-corrected chi connectivity index (χ3v) is 7.09. The molecule has 3 fully saturated rings. The molecular formula is C15H27N3O5S. The zero-order valence-electron chi connectivity index (χ0n) is 14.4. The lowest BCUT2D eigenvalue weighted by molar-refractivity contribution is -0.151. The van der Waals surface area contributed by atoms with Crippen molar-refractivity contribution in [2.45, 2.75) is 18.9 Å². The molecule has 0 N–H and O–H groups in total. The molecule has 24 heavy (non-hydrogen) atoms. The number of rotatable bonds is 3. The highest BCUT2D eigenvalue weighted by atomic mass is 32.2. The maximum absolute atomic E-state index is 12.7. The van der Waals surface area contributed by atoms with Gasteiger partial charge in [-0.15, -0.1) is 0 Å². The molecule has 3 heterocycles. The highest BCUT2D eigenvalue weighted by Crippen LogP contribution is 2.33. The molecular weight excluding hydrogens is 334 g/mol. The van der Waals surface area contributed by atoms with Gasteiger partial charge in [-0.1, -0.05) is 0 Å². The molecule has 0 aromatic heterocycles. The van der Waals surface area contributed by atoms with E-state index in [9.17, 15) is 13.2 Å². The van der Waals surface area contributed by atoms with Gasteiger partial charge in [-0.2, -0.15) is 17.0 Å². The second kappa shape index (κ2) is 7.25. The van der Waals surface area contributed by atoms with Gasteiger partial charge in [0.15, 0.2) is 0 Å². The maximum Gasteiger partial charge on any atom is 0.281 e. The molecule has 8 nitrogen and oxygen atoms in total. The van der Waals surface area contributed by atoms with Crippen LogP contribution < -0.4 is 0 Å². The maximum atomic E-state index is 12.7. The Hall–Kier alpha value is -0.740. The van der Waals surface area contributed by atoms with Gasteiger partial charge in [0, 0.05) is 40.3 Å². The average molecular weight is 361 g/mol. The van der Waals surface area contributed by atoms with Gasteiger partial charge < -0.3 is 14.4 Å². The number of fused-ring (bicyclic) bond motifs is 1. The Morgan fingerprint density at radius 1 is 1.17 bits per heavy atom. The second-order valence-corrected chi connectivity index (χ2v) is 9.08. The van der Waals surface area contributed by atoms with Crippen LogP contribution in [0.5, 0.6) is 0 Å². The summed E-state index contributed by atoms with van der Waals surface area (Å²) in [6, 6.07) is 0. The van der Waals surface area contributed by atoms with Gasteiger partial charge in [-0.3, -0.25) is 4.79 Å². The quantitative estimate of drug-likeness (QED) is 0.669. The predicted octanol–water partition coefficient (Wildman–Crippen LogP) is -0.621. The number of hydrogen-bond acceptors (Lipinski definition) is 5. The van der Waals surface area contributed by atoms with Gasteiger partial charge >= 0.3 is 0 Å². The summed E-state index contributed by atoms with van der Waals surface area (Å²) in [6.45, 7) is 3.77. The Bertz CT molecular complexity index is 561. The van der Waals surface area contributed by atoms with Gasteiger partial charge in [0.05, 0.1) is 31.8 Å². The van der Waals surface area contributed by atoms with Crippen molar-refractivity contribution >= 4 is 16.1 Å². The third-order valence-electron chi connectivity index (χ3n) is 5.19. The molecule has 1 amide bonds. The normalized spacial score (nSPS) is 32.6. The molecule has 3 aliphatic heterocycles. The number of carbonyl (C=O) groups excluding carboxylic acids is 1. The number of hydrogen-bond donors (Lipinski definition) is 0. The van der Waals surface area contributed by atoms with Crippen molar-refractivity contribution in [3.63, 3.8) is 0 Å². The number of ether oxygens (including phenoxy) is 2. The lowest BCUT2D eigenvalue weighted by atomic mass is 9.84. The average Bonchev–Trinajstić information content (AvgIpc) is 2.60. The molecule has 3 aliphatic rings. The van der Waals surface area contributed by atoms with Gasteiger partial charge in [0.25, 0.3) is 10.2 Å². The highest BCUT2D eigenvalue weighted by Gasteiger charge is 2.42. The van der Waals surface area contributed by atoms with E-state index in [1.54, 1.807) is 14.1 Å². The fraction of sp³-hybridized carbons (Fsp3) is 0.933. The topological polar surface area (TPSA) is 79.4 Å². The summed E-state index contributed by atoms with van der Waals surface area (Å²) in [6.07, 6.45) is 1.45. The van der Waals surface area contributed by atoms with Crippen LogP contribution in [0.2, 0.25) is 0 Å². The minimum atomic E-state index is -3.41. The van der Waals surface area contributed by atoms with Crippen molar-refractivity contribution in [2.24, 2.45) is 11.8 Å². The largest absolute Gasteiger partial charge is 0.378 e. The van der Waals surface area contributed by atoms with Crippen LogP contribution in [0.1, 0.15) is 12.8 Å². The molecule has 0 bridgehead atoms. The van der Waals surface area contributed by atoms with E-state index in [1.165, 1.54) is 8.61 Å². The summed E-state index contributed by atoms with van der Waals surface area (Å²) in [4.78, 5) is 14.5. The van der Waals surface area contributed by atoms with Crippen LogP contribution in [0.15, 0.2) is 0 Å². The molecule has 3 rings (SSSR count). The van der Waals surface area contributed by atoms with Crippen LogP contribution in [-0.2, 0) is 24.5 Å². The number of amides is 1. The van der Waals surface area contributed by atoms with Crippen molar-refractivity contribution in [1.82, 2.24) is 13.5 Å². The van der Waals surface area contributed by atoms with E-state index in [0.29, 0.717) is 58.8 Å². The van der Waals surface area contributed by atoms with Gasteiger partial charge in [0.1, 0.15) is 0 Å². The molecule has 3 saturated heterocycles. The lowest BCUT2D eigenvalue weighted by Crippen LogP contribution is -2.54. The van der Waals surface area contributed by atoms with E-state index in [0.717, 1.165) is 0 Å². The van der Waals surface area contributed by atoms with E-state index in [1.807, 2.05) is 4.90 Å². The van der Waals surface area contributed by atoms with E-state index in [4.69, 9.17) is 9.47 Å². The molecule has 3 atom stereocenters. The Labute approximate surface area is 143 Å². The first-order valence-corrected chi connectivity index (χ1v) is 9.95. The van der Waals surface area contributed by atoms with Crippen molar-refractivity contribution < 1.29 is 22.7 Å². The van der Waals surface area contributed by atoms with Gasteiger partial charge in [-0.25, -0.2) is 0 Å². The van der Waals surface area contributed by atoms with E-state index in [-0.39, 0.29) is 23.8 Å². The van der Waals surface area contributed by atoms with Crippen molar-refractivity contribution in [3.05, 3.63) is 0 Å². The van der Waals surface area contributed by atoms with Crippen molar-refractivity contribution in [1.29, 1.82) is 0 Å². The minimum Gasteiger partial charge on any atom is -0.378 e. The highest BCUT2D eigenvalue weighted by molar-refractivity contribution is 7.86. The molecule has 0 aromatic rings. The van der Waals surface area contributed by atoms with Crippen molar-refractivity contribution in [2.75, 3.05) is 60.1 Å². The molecule has 9 heteroatoms.